The first-order valence-corrected chi connectivity index (χ1v) is 6.89. The number of carbonyl (C=O) groups excluding carboxylic acids is 1. The fourth-order valence-corrected chi connectivity index (χ4v) is 2.33. The van der Waals surface area contributed by atoms with Gasteiger partial charge >= 0.3 is 0 Å². The van der Waals surface area contributed by atoms with Crippen molar-refractivity contribution in [2.75, 3.05) is 19.7 Å². The van der Waals surface area contributed by atoms with E-state index in [0.29, 0.717) is 19.1 Å². The molecular weight excluding hydrogens is 240 g/mol. The molecule has 104 valence electrons. The number of hydrogen-bond donors (Lipinski definition) is 1. The molecule has 1 aromatic rings. The highest BCUT2D eigenvalue weighted by Crippen LogP contribution is 2.12. The van der Waals surface area contributed by atoms with Gasteiger partial charge in [-0.3, -0.25) is 4.79 Å². The summed E-state index contributed by atoms with van der Waals surface area (Å²) in [5.41, 5.74) is 0. The number of nitrogens with one attached hydrogen (secondary N) is 1. The SMILES string of the molecule is CC1NCCN(C(=O)CCOc2ccccc2)C1C. The monoisotopic (exact) mass is 262 g/mol. The molecule has 2 atom stereocenters. The second kappa shape index (κ2) is 6.57. The molecule has 0 aromatic heterocycles. The van der Waals surface area contributed by atoms with Crippen molar-refractivity contribution in [1.29, 1.82) is 0 Å². The van der Waals surface area contributed by atoms with Crippen LogP contribution in [0.5, 0.6) is 5.75 Å². The summed E-state index contributed by atoms with van der Waals surface area (Å²) in [5, 5.41) is 3.37. The van der Waals surface area contributed by atoms with Crippen LogP contribution in [0.2, 0.25) is 0 Å². The third-order valence-corrected chi connectivity index (χ3v) is 3.68. The zero-order valence-electron chi connectivity index (χ0n) is 11.6. The highest BCUT2D eigenvalue weighted by molar-refractivity contribution is 5.76. The molecule has 0 saturated carbocycles. The van der Waals surface area contributed by atoms with Gasteiger partial charge in [0.1, 0.15) is 5.75 Å². The van der Waals surface area contributed by atoms with E-state index in [1.54, 1.807) is 0 Å². The van der Waals surface area contributed by atoms with Crippen LogP contribution >= 0.6 is 0 Å². The zero-order chi connectivity index (χ0) is 13.7. The van der Waals surface area contributed by atoms with Crippen LogP contribution in [0.1, 0.15) is 20.3 Å². The molecule has 2 unspecified atom stereocenters. The van der Waals surface area contributed by atoms with E-state index in [-0.39, 0.29) is 11.9 Å². The van der Waals surface area contributed by atoms with Crippen molar-refractivity contribution in [3.63, 3.8) is 0 Å². The average molecular weight is 262 g/mol. The van der Waals surface area contributed by atoms with Crippen molar-refractivity contribution in [2.24, 2.45) is 0 Å². The van der Waals surface area contributed by atoms with Gasteiger partial charge in [-0.1, -0.05) is 18.2 Å². The second-order valence-corrected chi connectivity index (χ2v) is 4.98. The Bertz CT molecular complexity index is 408. The van der Waals surface area contributed by atoms with Crippen LogP contribution in [0, 0.1) is 0 Å². The summed E-state index contributed by atoms with van der Waals surface area (Å²) in [6.07, 6.45) is 0.436. The standard InChI is InChI=1S/C15H22N2O2/c1-12-13(2)17(10-9-16-12)15(18)8-11-19-14-6-4-3-5-7-14/h3-7,12-13,16H,8-11H2,1-2H3. The van der Waals surface area contributed by atoms with E-state index >= 15 is 0 Å². The number of carbonyl (C=O) groups is 1. The Kier molecular flexibility index (Phi) is 4.80. The van der Waals surface area contributed by atoms with Gasteiger partial charge in [-0.05, 0) is 26.0 Å². The number of hydrogen-bond acceptors (Lipinski definition) is 3. The van der Waals surface area contributed by atoms with Gasteiger partial charge in [0.15, 0.2) is 0 Å². The molecule has 1 saturated heterocycles. The molecule has 4 heteroatoms. The minimum atomic E-state index is 0.178. The lowest BCUT2D eigenvalue weighted by Gasteiger charge is -2.38. The highest BCUT2D eigenvalue weighted by atomic mass is 16.5. The van der Waals surface area contributed by atoms with Crippen LogP contribution < -0.4 is 10.1 Å². The van der Waals surface area contributed by atoms with E-state index < -0.39 is 0 Å². The van der Waals surface area contributed by atoms with Crippen LogP contribution in [0.15, 0.2) is 30.3 Å². The minimum absolute atomic E-state index is 0.178. The van der Waals surface area contributed by atoms with Crippen molar-refractivity contribution in [3.8, 4) is 5.75 Å². The maximum Gasteiger partial charge on any atom is 0.226 e. The van der Waals surface area contributed by atoms with E-state index in [4.69, 9.17) is 4.74 Å². The number of amides is 1. The molecule has 1 aliphatic heterocycles. The van der Waals surface area contributed by atoms with Gasteiger partial charge in [0.2, 0.25) is 5.91 Å². The third kappa shape index (κ3) is 3.70. The maximum atomic E-state index is 12.2. The summed E-state index contributed by atoms with van der Waals surface area (Å²) >= 11 is 0. The predicted octanol–water partition coefficient (Wildman–Crippen LogP) is 1.66. The molecule has 19 heavy (non-hydrogen) atoms. The van der Waals surface area contributed by atoms with E-state index in [9.17, 15) is 4.79 Å². The molecular formula is C15H22N2O2. The Morgan fingerprint density at radius 2 is 2.11 bits per heavy atom. The van der Waals surface area contributed by atoms with Gasteiger partial charge in [0.05, 0.1) is 13.0 Å². The second-order valence-electron chi connectivity index (χ2n) is 4.98. The van der Waals surface area contributed by atoms with Crippen molar-refractivity contribution in [3.05, 3.63) is 30.3 Å². The summed E-state index contributed by atoms with van der Waals surface area (Å²) in [6.45, 7) is 6.30. The van der Waals surface area contributed by atoms with Gasteiger partial charge in [0, 0.05) is 25.2 Å². The van der Waals surface area contributed by atoms with Gasteiger partial charge in [0.25, 0.3) is 0 Å². The molecule has 1 aromatic carbocycles. The Morgan fingerprint density at radius 3 is 2.84 bits per heavy atom. The average Bonchev–Trinajstić information content (AvgIpc) is 2.43. The van der Waals surface area contributed by atoms with Gasteiger partial charge in [-0.25, -0.2) is 0 Å². The van der Waals surface area contributed by atoms with Gasteiger partial charge in [-0.15, -0.1) is 0 Å². The molecule has 1 aliphatic rings. The molecule has 0 bridgehead atoms. The van der Waals surface area contributed by atoms with Crippen LogP contribution in [-0.4, -0.2) is 42.6 Å². The topological polar surface area (TPSA) is 41.6 Å². The Balaban J connectivity index is 1.78. The Morgan fingerprint density at radius 1 is 1.37 bits per heavy atom. The largest absolute Gasteiger partial charge is 0.493 e. The lowest BCUT2D eigenvalue weighted by Crippen LogP contribution is -2.57. The summed E-state index contributed by atoms with van der Waals surface area (Å²) in [5.74, 6) is 0.994. The Labute approximate surface area is 114 Å². The van der Waals surface area contributed by atoms with Crippen molar-refractivity contribution < 1.29 is 9.53 Å². The smallest absolute Gasteiger partial charge is 0.226 e. The van der Waals surface area contributed by atoms with Crippen LogP contribution in [0.25, 0.3) is 0 Å². The van der Waals surface area contributed by atoms with E-state index in [0.717, 1.165) is 18.8 Å². The van der Waals surface area contributed by atoms with E-state index in [2.05, 4.69) is 19.2 Å². The number of piperazine rings is 1. The minimum Gasteiger partial charge on any atom is -0.493 e. The maximum absolute atomic E-state index is 12.2. The highest BCUT2D eigenvalue weighted by Gasteiger charge is 2.27. The Hall–Kier alpha value is -1.55. The van der Waals surface area contributed by atoms with Crippen molar-refractivity contribution in [1.82, 2.24) is 10.2 Å². The lowest BCUT2D eigenvalue weighted by molar-refractivity contribution is -0.135. The molecule has 2 rings (SSSR count). The van der Waals surface area contributed by atoms with E-state index in [1.807, 2.05) is 35.2 Å². The molecule has 1 N–H and O–H groups in total. The first-order valence-electron chi connectivity index (χ1n) is 6.89. The number of ether oxygens (including phenoxy) is 1. The predicted molar refractivity (Wildman–Crippen MR) is 75.2 cm³/mol. The first kappa shape index (κ1) is 13.9. The quantitative estimate of drug-likeness (QED) is 0.897. The van der Waals surface area contributed by atoms with Crippen LogP contribution in [0.3, 0.4) is 0 Å². The summed E-state index contributed by atoms with van der Waals surface area (Å²) in [7, 11) is 0. The number of rotatable bonds is 4. The van der Waals surface area contributed by atoms with E-state index in [1.165, 1.54) is 0 Å². The van der Waals surface area contributed by atoms with Crippen molar-refractivity contribution >= 4 is 5.91 Å². The number of benzene rings is 1. The molecule has 1 amide bonds. The zero-order valence-corrected chi connectivity index (χ0v) is 11.6. The number of nitrogens with zero attached hydrogens (tertiary/aromatic N) is 1. The molecule has 1 heterocycles. The van der Waals surface area contributed by atoms with Crippen LogP contribution in [-0.2, 0) is 4.79 Å². The van der Waals surface area contributed by atoms with Gasteiger partial charge < -0.3 is 15.0 Å². The summed E-state index contributed by atoms with van der Waals surface area (Å²) < 4.78 is 5.57. The lowest BCUT2D eigenvalue weighted by atomic mass is 10.1. The molecule has 1 fully saturated rings. The molecule has 0 spiro atoms. The van der Waals surface area contributed by atoms with Crippen LogP contribution in [0.4, 0.5) is 0 Å². The normalized spacial score (nSPS) is 23.2. The molecule has 0 aliphatic carbocycles. The molecule has 0 radical (unpaired) electrons. The summed E-state index contributed by atoms with van der Waals surface area (Å²) in [6, 6.07) is 10.2. The molecule has 4 nitrogen and oxygen atoms in total. The van der Waals surface area contributed by atoms with Crippen molar-refractivity contribution in [2.45, 2.75) is 32.4 Å². The fourth-order valence-electron chi connectivity index (χ4n) is 2.33. The van der Waals surface area contributed by atoms with Gasteiger partial charge in [-0.2, -0.15) is 0 Å². The summed E-state index contributed by atoms with van der Waals surface area (Å²) in [4.78, 5) is 14.1. The first-order chi connectivity index (χ1) is 9.18. The fraction of sp³-hybridized carbons (Fsp3) is 0.533. The number of para-hydroxylation sites is 1. The third-order valence-electron chi connectivity index (χ3n) is 3.68.